The second-order valence-electron chi connectivity index (χ2n) is 6.35. The first-order valence-electron chi connectivity index (χ1n) is 8.68. The standard InChI is InChI=1S/C20H16N2O6/c1-27-19(25)12-7-8-15-16(11-12)28-20(26)21(15)9-4-10-22-17(23)13-5-2-3-6-14(13)18(22)24/h2-3,5-8,11H,4,9-10H2,1H3. The lowest BCUT2D eigenvalue weighted by Gasteiger charge is -2.13. The van der Waals surface area contributed by atoms with Crippen molar-refractivity contribution in [2.75, 3.05) is 13.7 Å². The summed E-state index contributed by atoms with van der Waals surface area (Å²) in [4.78, 5) is 49.7. The van der Waals surface area contributed by atoms with Crippen molar-refractivity contribution in [3.63, 3.8) is 0 Å². The van der Waals surface area contributed by atoms with E-state index in [1.54, 1.807) is 36.4 Å². The molecule has 3 aromatic rings. The second-order valence-corrected chi connectivity index (χ2v) is 6.35. The molecule has 0 saturated heterocycles. The van der Waals surface area contributed by atoms with Crippen molar-refractivity contribution in [3.8, 4) is 0 Å². The van der Waals surface area contributed by atoms with Gasteiger partial charge in [0, 0.05) is 13.1 Å². The van der Waals surface area contributed by atoms with Crippen molar-refractivity contribution in [1.29, 1.82) is 0 Å². The van der Waals surface area contributed by atoms with Gasteiger partial charge in [0.1, 0.15) is 0 Å². The Bertz CT molecular complexity index is 1140. The molecular weight excluding hydrogens is 364 g/mol. The molecule has 28 heavy (non-hydrogen) atoms. The fourth-order valence-corrected chi connectivity index (χ4v) is 3.35. The number of methoxy groups -OCH3 is 1. The van der Waals surface area contributed by atoms with Gasteiger partial charge in [-0.15, -0.1) is 0 Å². The number of carbonyl (C=O) groups is 3. The Morgan fingerprint density at radius 3 is 2.32 bits per heavy atom. The molecular formula is C20H16N2O6. The van der Waals surface area contributed by atoms with E-state index in [0.29, 0.717) is 23.1 Å². The molecule has 0 spiro atoms. The molecule has 4 rings (SSSR count). The summed E-state index contributed by atoms with van der Waals surface area (Å²) in [5.74, 6) is -1.75. The van der Waals surface area contributed by atoms with Gasteiger partial charge < -0.3 is 9.15 Å². The predicted molar refractivity (Wildman–Crippen MR) is 98.2 cm³/mol. The van der Waals surface area contributed by atoms with Gasteiger partial charge >= 0.3 is 11.7 Å². The van der Waals surface area contributed by atoms with Gasteiger partial charge in [0.15, 0.2) is 5.58 Å². The highest BCUT2D eigenvalue weighted by Gasteiger charge is 2.34. The Labute approximate surface area is 158 Å². The van der Waals surface area contributed by atoms with E-state index < -0.39 is 11.7 Å². The molecule has 0 aliphatic carbocycles. The summed E-state index contributed by atoms with van der Waals surface area (Å²) in [5, 5.41) is 0. The van der Waals surface area contributed by atoms with Crippen molar-refractivity contribution in [3.05, 3.63) is 69.7 Å². The van der Waals surface area contributed by atoms with Gasteiger partial charge in [-0.1, -0.05) is 12.1 Å². The quantitative estimate of drug-likeness (QED) is 0.496. The van der Waals surface area contributed by atoms with Gasteiger partial charge in [-0.2, -0.15) is 0 Å². The van der Waals surface area contributed by atoms with Crippen molar-refractivity contribution >= 4 is 28.9 Å². The molecule has 8 heteroatoms. The Kier molecular flexibility index (Phi) is 4.31. The third kappa shape index (κ3) is 2.79. The molecule has 1 aliphatic heterocycles. The lowest BCUT2D eigenvalue weighted by molar-refractivity contribution is 0.0598. The van der Waals surface area contributed by atoms with E-state index >= 15 is 0 Å². The monoisotopic (exact) mass is 380 g/mol. The van der Waals surface area contributed by atoms with E-state index in [-0.39, 0.29) is 36.1 Å². The lowest BCUT2D eigenvalue weighted by atomic mass is 10.1. The van der Waals surface area contributed by atoms with Gasteiger partial charge in [0.05, 0.1) is 29.3 Å². The highest BCUT2D eigenvalue weighted by atomic mass is 16.5. The van der Waals surface area contributed by atoms with E-state index in [2.05, 4.69) is 4.74 Å². The van der Waals surface area contributed by atoms with Gasteiger partial charge in [-0.3, -0.25) is 19.1 Å². The molecule has 8 nitrogen and oxygen atoms in total. The number of benzene rings is 2. The molecule has 1 aromatic heterocycles. The summed E-state index contributed by atoms with van der Waals surface area (Å²) in [6.45, 7) is 0.447. The Morgan fingerprint density at radius 1 is 1.00 bits per heavy atom. The molecule has 0 saturated carbocycles. The van der Waals surface area contributed by atoms with Crippen LogP contribution >= 0.6 is 0 Å². The second kappa shape index (κ2) is 6.80. The SMILES string of the molecule is COC(=O)c1ccc2c(c1)oc(=O)n2CCCN1C(=O)c2ccccc2C1=O. The highest BCUT2D eigenvalue weighted by molar-refractivity contribution is 6.21. The zero-order valence-corrected chi connectivity index (χ0v) is 15.0. The summed E-state index contributed by atoms with van der Waals surface area (Å²) in [7, 11) is 1.27. The Morgan fingerprint density at radius 2 is 1.68 bits per heavy atom. The topological polar surface area (TPSA) is 98.8 Å². The maximum Gasteiger partial charge on any atom is 0.419 e. The van der Waals surface area contributed by atoms with E-state index in [1.165, 1.54) is 22.6 Å². The van der Waals surface area contributed by atoms with Crippen LogP contribution in [0.15, 0.2) is 51.7 Å². The molecule has 0 radical (unpaired) electrons. The summed E-state index contributed by atoms with van der Waals surface area (Å²) >= 11 is 0. The van der Waals surface area contributed by atoms with Gasteiger partial charge in [0.2, 0.25) is 0 Å². The summed E-state index contributed by atoms with van der Waals surface area (Å²) in [6.07, 6.45) is 0.388. The molecule has 0 N–H and O–H groups in total. The van der Waals surface area contributed by atoms with Crippen LogP contribution < -0.4 is 5.76 Å². The molecule has 2 aromatic carbocycles. The Balaban J connectivity index is 1.50. The van der Waals surface area contributed by atoms with E-state index in [0.717, 1.165) is 0 Å². The van der Waals surface area contributed by atoms with Crippen LogP contribution in [-0.2, 0) is 11.3 Å². The maximum atomic E-state index is 12.4. The normalized spacial score (nSPS) is 13.2. The number of amides is 2. The number of hydrogen-bond acceptors (Lipinski definition) is 6. The number of ether oxygens (including phenoxy) is 1. The van der Waals surface area contributed by atoms with Crippen molar-refractivity contribution in [2.45, 2.75) is 13.0 Å². The number of aryl methyl sites for hydroxylation is 1. The van der Waals surface area contributed by atoms with Crippen molar-refractivity contribution in [2.24, 2.45) is 0 Å². The number of rotatable bonds is 5. The Hall–Kier alpha value is -3.68. The number of esters is 1. The lowest BCUT2D eigenvalue weighted by Crippen LogP contribution is -2.31. The molecule has 142 valence electrons. The van der Waals surface area contributed by atoms with Crippen LogP contribution in [-0.4, -0.2) is 40.9 Å². The fourth-order valence-electron chi connectivity index (χ4n) is 3.35. The van der Waals surface area contributed by atoms with E-state index in [1.807, 2.05) is 0 Å². The van der Waals surface area contributed by atoms with Gasteiger partial charge in [-0.25, -0.2) is 9.59 Å². The molecule has 1 aliphatic rings. The molecule has 0 atom stereocenters. The number of aromatic nitrogens is 1. The zero-order chi connectivity index (χ0) is 19.8. The van der Waals surface area contributed by atoms with Crippen LogP contribution in [0.5, 0.6) is 0 Å². The number of oxazole rings is 1. The molecule has 0 bridgehead atoms. The number of carbonyl (C=O) groups excluding carboxylic acids is 3. The minimum atomic E-state index is -0.570. The van der Waals surface area contributed by atoms with Gasteiger partial charge in [0.25, 0.3) is 11.8 Å². The maximum absolute atomic E-state index is 12.4. The number of nitrogens with zero attached hydrogens (tertiary/aromatic N) is 2. The molecule has 0 fully saturated rings. The number of fused-ring (bicyclic) bond motifs is 2. The third-order valence-electron chi connectivity index (χ3n) is 4.73. The first kappa shape index (κ1) is 17.7. The number of hydrogen-bond donors (Lipinski definition) is 0. The molecule has 0 unspecified atom stereocenters. The average molecular weight is 380 g/mol. The largest absolute Gasteiger partial charge is 0.465 e. The first-order chi connectivity index (χ1) is 13.5. The van der Waals surface area contributed by atoms with Crippen LogP contribution in [0.4, 0.5) is 0 Å². The number of imide groups is 1. The zero-order valence-electron chi connectivity index (χ0n) is 15.0. The van der Waals surface area contributed by atoms with Crippen LogP contribution in [0.3, 0.4) is 0 Å². The van der Waals surface area contributed by atoms with Gasteiger partial charge in [-0.05, 0) is 36.8 Å². The van der Waals surface area contributed by atoms with E-state index in [4.69, 9.17) is 4.42 Å². The first-order valence-corrected chi connectivity index (χ1v) is 8.68. The van der Waals surface area contributed by atoms with E-state index in [9.17, 15) is 19.2 Å². The van der Waals surface area contributed by atoms with Crippen LogP contribution in [0.2, 0.25) is 0 Å². The third-order valence-corrected chi connectivity index (χ3v) is 4.73. The van der Waals surface area contributed by atoms with Crippen LogP contribution in [0.1, 0.15) is 37.5 Å². The summed E-state index contributed by atoms with van der Waals surface area (Å²) in [6, 6.07) is 11.3. The molecule has 2 heterocycles. The highest BCUT2D eigenvalue weighted by Crippen LogP contribution is 2.23. The molecule has 2 amide bonds. The average Bonchev–Trinajstić information content (AvgIpc) is 3.15. The summed E-state index contributed by atoms with van der Waals surface area (Å²) in [5.41, 5.74) is 1.87. The summed E-state index contributed by atoms with van der Waals surface area (Å²) < 4.78 is 11.3. The van der Waals surface area contributed by atoms with Crippen LogP contribution in [0.25, 0.3) is 11.1 Å². The minimum Gasteiger partial charge on any atom is -0.465 e. The van der Waals surface area contributed by atoms with Crippen LogP contribution in [0, 0.1) is 0 Å². The predicted octanol–water partition coefficient (Wildman–Crippen LogP) is 2.07. The minimum absolute atomic E-state index is 0.186. The smallest absolute Gasteiger partial charge is 0.419 e. The van der Waals surface area contributed by atoms with Crippen molar-refractivity contribution < 1.29 is 23.5 Å². The van der Waals surface area contributed by atoms with Crippen molar-refractivity contribution in [1.82, 2.24) is 9.47 Å². The fraction of sp³-hybridized carbons (Fsp3) is 0.200.